The summed E-state index contributed by atoms with van der Waals surface area (Å²) < 4.78 is 2.50. The molecule has 1 aromatic heterocycles. The van der Waals surface area contributed by atoms with Crippen molar-refractivity contribution in [2.24, 2.45) is 11.3 Å². The number of hydrogen-bond donors (Lipinski definition) is 1. The summed E-state index contributed by atoms with van der Waals surface area (Å²) in [6.07, 6.45) is 2.15. The number of rotatable bonds is 4. The number of fused-ring (bicyclic) bond motifs is 1. The summed E-state index contributed by atoms with van der Waals surface area (Å²) in [6, 6.07) is 0. The molecule has 0 fully saturated rings. The monoisotopic (exact) mass is 249 g/mol. The van der Waals surface area contributed by atoms with Crippen LogP contribution in [0.3, 0.4) is 0 Å². The zero-order valence-corrected chi connectivity index (χ0v) is 12.5. The lowest BCUT2D eigenvalue weighted by Crippen LogP contribution is -2.30. The summed E-state index contributed by atoms with van der Waals surface area (Å²) in [5.41, 5.74) is 3.07. The van der Waals surface area contributed by atoms with Gasteiger partial charge < -0.3 is 9.88 Å². The first kappa shape index (κ1) is 13.6. The Bertz CT molecular complexity index is 416. The maximum absolute atomic E-state index is 4.81. The van der Waals surface area contributed by atoms with Gasteiger partial charge in [-0.05, 0) is 11.3 Å². The minimum Gasteiger partial charge on any atom is -0.331 e. The molecule has 2 rings (SSSR count). The highest BCUT2D eigenvalue weighted by Gasteiger charge is 2.27. The highest BCUT2D eigenvalue weighted by atomic mass is 15.1. The van der Waals surface area contributed by atoms with Gasteiger partial charge in [-0.3, -0.25) is 0 Å². The Morgan fingerprint density at radius 1 is 1.39 bits per heavy atom. The van der Waals surface area contributed by atoms with E-state index in [0.717, 1.165) is 32.5 Å². The molecular formula is C15H27N3. The Balaban J connectivity index is 2.34. The summed E-state index contributed by atoms with van der Waals surface area (Å²) in [5.74, 6) is 1.94. The van der Waals surface area contributed by atoms with Crippen LogP contribution in [0.25, 0.3) is 0 Å². The van der Waals surface area contributed by atoms with Crippen LogP contribution in [-0.4, -0.2) is 16.1 Å². The highest BCUT2D eigenvalue weighted by Crippen LogP contribution is 2.30. The van der Waals surface area contributed by atoms with Gasteiger partial charge in [0.15, 0.2) is 0 Å². The average molecular weight is 249 g/mol. The number of nitrogens with one attached hydrogen (secondary N) is 1. The molecule has 0 atom stereocenters. The second-order valence-electron chi connectivity index (χ2n) is 6.43. The van der Waals surface area contributed by atoms with Crippen molar-refractivity contribution in [2.45, 2.75) is 60.5 Å². The van der Waals surface area contributed by atoms with Gasteiger partial charge in [-0.1, -0.05) is 34.6 Å². The van der Waals surface area contributed by atoms with Crippen LogP contribution >= 0.6 is 0 Å². The van der Waals surface area contributed by atoms with Crippen molar-refractivity contribution >= 4 is 0 Å². The Kier molecular flexibility index (Phi) is 3.81. The molecule has 0 bridgehead atoms. The van der Waals surface area contributed by atoms with Gasteiger partial charge >= 0.3 is 0 Å². The standard InChI is InChI=1S/C15H27N3/c1-6-14-17-12-9-16-8-7-13(12)18(14)10-15(4,5)11(2)3/h11,16H,6-10H2,1-5H3. The Hall–Kier alpha value is -0.830. The third kappa shape index (κ3) is 2.46. The van der Waals surface area contributed by atoms with Crippen LogP contribution in [0.15, 0.2) is 0 Å². The third-order valence-electron chi connectivity index (χ3n) is 4.51. The van der Waals surface area contributed by atoms with Gasteiger partial charge in [-0.25, -0.2) is 4.98 Å². The van der Waals surface area contributed by atoms with E-state index in [2.05, 4.69) is 44.5 Å². The van der Waals surface area contributed by atoms with Crippen molar-refractivity contribution in [1.82, 2.24) is 14.9 Å². The minimum atomic E-state index is 0.323. The van der Waals surface area contributed by atoms with Gasteiger partial charge in [0, 0.05) is 38.2 Å². The van der Waals surface area contributed by atoms with Crippen molar-refractivity contribution in [3.63, 3.8) is 0 Å². The molecule has 1 aliphatic heterocycles. The van der Waals surface area contributed by atoms with Gasteiger partial charge in [0.2, 0.25) is 0 Å². The second-order valence-corrected chi connectivity index (χ2v) is 6.43. The Labute approximate surface area is 111 Å². The molecule has 0 aliphatic carbocycles. The molecule has 1 N–H and O–H groups in total. The van der Waals surface area contributed by atoms with Crippen molar-refractivity contribution in [1.29, 1.82) is 0 Å². The predicted molar refractivity (Wildman–Crippen MR) is 75.6 cm³/mol. The van der Waals surface area contributed by atoms with Gasteiger partial charge in [0.05, 0.1) is 5.69 Å². The molecule has 1 aliphatic rings. The molecule has 1 aromatic rings. The molecule has 0 radical (unpaired) electrons. The van der Waals surface area contributed by atoms with Crippen LogP contribution in [0.1, 0.15) is 51.8 Å². The smallest absolute Gasteiger partial charge is 0.108 e. The fourth-order valence-electron chi connectivity index (χ4n) is 2.47. The van der Waals surface area contributed by atoms with E-state index in [1.807, 2.05) is 0 Å². The first-order valence-corrected chi connectivity index (χ1v) is 7.23. The van der Waals surface area contributed by atoms with E-state index in [0.29, 0.717) is 11.3 Å². The van der Waals surface area contributed by atoms with Crippen LogP contribution in [0.4, 0.5) is 0 Å². The molecule has 18 heavy (non-hydrogen) atoms. The normalized spacial score (nSPS) is 16.1. The number of imidazole rings is 1. The van der Waals surface area contributed by atoms with Gasteiger partial charge in [0.1, 0.15) is 5.82 Å². The molecule has 102 valence electrons. The maximum atomic E-state index is 4.81. The van der Waals surface area contributed by atoms with Crippen LogP contribution < -0.4 is 5.32 Å². The van der Waals surface area contributed by atoms with E-state index >= 15 is 0 Å². The van der Waals surface area contributed by atoms with E-state index in [-0.39, 0.29) is 0 Å². The minimum absolute atomic E-state index is 0.323. The average Bonchev–Trinajstić information content (AvgIpc) is 2.67. The quantitative estimate of drug-likeness (QED) is 0.889. The third-order valence-corrected chi connectivity index (χ3v) is 4.51. The predicted octanol–water partition coefficient (Wildman–Crippen LogP) is 2.77. The van der Waals surface area contributed by atoms with Crippen LogP contribution in [0.2, 0.25) is 0 Å². The summed E-state index contributed by atoms with van der Waals surface area (Å²) in [7, 11) is 0. The summed E-state index contributed by atoms with van der Waals surface area (Å²) in [4.78, 5) is 4.81. The van der Waals surface area contributed by atoms with E-state index in [1.54, 1.807) is 0 Å². The zero-order valence-electron chi connectivity index (χ0n) is 12.5. The lowest BCUT2D eigenvalue weighted by Gasteiger charge is -2.31. The van der Waals surface area contributed by atoms with Gasteiger partial charge in [-0.2, -0.15) is 0 Å². The van der Waals surface area contributed by atoms with Crippen molar-refractivity contribution in [3.8, 4) is 0 Å². The molecule has 0 saturated carbocycles. The van der Waals surface area contributed by atoms with Crippen LogP contribution in [0.5, 0.6) is 0 Å². The molecule has 0 unspecified atom stereocenters. The summed E-state index contributed by atoms with van der Waals surface area (Å²) >= 11 is 0. The number of nitrogens with zero attached hydrogens (tertiary/aromatic N) is 2. The lowest BCUT2D eigenvalue weighted by atomic mass is 9.81. The Morgan fingerprint density at radius 2 is 2.11 bits per heavy atom. The zero-order chi connectivity index (χ0) is 13.3. The molecule has 0 amide bonds. The van der Waals surface area contributed by atoms with E-state index < -0.39 is 0 Å². The highest BCUT2D eigenvalue weighted by molar-refractivity contribution is 5.20. The second kappa shape index (κ2) is 5.04. The Morgan fingerprint density at radius 3 is 2.72 bits per heavy atom. The van der Waals surface area contributed by atoms with E-state index in [1.165, 1.54) is 17.2 Å². The number of aromatic nitrogens is 2. The van der Waals surface area contributed by atoms with Crippen LogP contribution in [-0.2, 0) is 25.9 Å². The molecule has 3 nitrogen and oxygen atoms in total. The molecular weight excluding hydrogens is 222 g/mol. The molecule has 2 heterocycles. The van der Waals surface area contributed by atoms with E-state index in [4.69, 9.17) is 4.98 Å². The van der Waals surface area contributed by atoms with E-state index in [9.17, 15) is 0 Å². The van der Waals surface area contributed by atoms with Gasteiger partial charge in [-0.15, -0.1) is 0 Å². The molecule has 3 heteroatoms. The topological polar surface area (TPSA) is 29.9 Å². The molecule has 0 spiro atoms. The maximum Gasteiger partial charge on any atom is 0.108 e. The first-order valence-electron chi connectivity index (χ1n) is 7.23. The number of hydrogen-bond acceptors (Lipinski definition) is 2. The largest absolute Gasteiger partial charge is 0.331 e. The SMILES string of the molecule is CCc1nc2c(n1CC(C)(C)C(C)C)CCNC2. The summed E-state index contributed by atoms with van der Waals surface area (Å²) in [6.45, 7) is 14.7. The first-order chi connectivity index (χ1) is 8.45. The van der Waals surface area contributed by atoms with Crippen molar-refractivity contribution in [2.75, 3.05) is 6.54 Å². The van der Waals surface area contributed by atoms with Crippen molar-refractivity contribution in [3.05, 3.63) is 17.2 Å². The lowest BCUT2D eigenvalue weighted by molar-refractivity contribution is 0.205. The molecule has 0 aromatic carbocycles. The molecule has 0 saturated heterocycles. The van der Waals surface area contributed by atoms with Crippen LogP contribution in [0, 0.1) is 11.3 Å². The fourth-order valence-corrected chi connectivity index (χ4v) is 2.47. The summed E-state index contributed by atoms with van der Waals surface area (Å²) in [5, 5.41) is 3.42. The number of aryl methyl sites for hydroxylation is 1. The van der Waals surface area contributed by atoms with Gasteiger partial charge in [0.25, 0.3) is 0 Å². The van der Waals surface area contributed by atoms with Crippen molar-refractivity contribution < 1.29 is 0 Å². The fraction of sp³-hybridized carbons (Fsp3) is 0.800.